The molecule has 0 aliphatic heterocycles. The van der Waals surface area contributed by atoms with Crippen LogP contribution in [0.3, 0.4) is 0 Å². The summed E-state index contributed by atoms with van der Waals surface area (Å²) < 4.78 is 41.7. The van der Waals surface area contributed by atoms with Gasteiger partial charge in [0.2, 0.25) is 0 Å². The topological polar surface area (TPSA) is 59.6 Å². The molecule has 27 heavy (non-hydrogen) atoms. The predicted octanol–water partition coefficient (Wildman–Crippen LogP) is 5.05. The summed E-state index contributed by atoms with van der Waals surface area (Å²) in [5, 5.41) is 3.03. The Morgan fingerprint density at radius 2 is 1.96 bits per heavy atom. The van der Waals surface area contributed by atoms with Crippen LogP contribution < -0.4 is 15.8 Å². The highest BCUT2D eigenvalue weighted by molar-refractivity contribution is 14.0. The minimum absolute atomic E-state index is 0. The lowest BCUT2D eigenvalue weighted by molar-refractivity contribution is -0.274. The van der Waals surface area contributed by atoms with Crippen molar-refractivity contribution in [2.24, 2.45) is 10.7 Å². The third-order valence-electron chi connectivity index (χ3n) is 4.21. The van der Waals surface area contributed by atoms with E-state index >= 15 is 0 Å². The Labute approximate surface area is 173 Å². The quantitative estimate of drug-likeness (QED) is 0.350. The Morgan fingerprint density at radius 1 is 1.22 bits per heavy atom. The van der Waals surface area contributed by atoms with Crippen molar-refractivity contribution >= 4 is 35.6 Å². The van der Waals surface area contributed by atoms with Crippen LogP contribution in [0.1, 0.15) is 30.4 Å². The molecular formula is C19H21F3IN3O. The SMILES string of the molecule is CCc1cccc(NC(N)=NC2CC2c2ccccc2OC(F)(F)F)c1.I. The number of nitrogens with one attached hydrogen (secondary N) is 1. The van der Waals surface area contributed by atoms with E-state index in [1.54, 1.807) is 12.1 Å². The van der Waals surface area contributed by atoms with Crippen LogP contribution >= 0.6 is 24.0 Å². The Kier molecular flexibility index (Phi) is 6.96. The second-order valence-corrected chi connectivity index (χ2v) is 6.19. The van der Waals surface area contributed by atoms with Gasteiger partial charge in [0.05, 0.1) is 6.04 Å². The summed E-state index contributed by atoms with van der Waals surface area (Å²) in [6.07, 6.45) is -3.17. The van der Waals surface area contributed by atoms with E-state index in [1.165, 1.54) is 17.7 Å². The summed E-state index contributed by atoms with van der Waals surface area (Å²) >= 11 is 0. The van der Waals surface area contributed by atoms with Crippen molar-refractivity contribution in [3.05, 3.63) is 59.7 Å². The number of anilines is 1. The van der Waals surface area contributed by atoms with Gasteiger partial charge >= 0.3 is 6.36 Å². The number of aliphatic imine (C=N–C) groups is 1. The van der Waals surface area contributed by atoms with Crippen LogP contribution in [0.5, 0.6) is 5.75 Å². The van der Waals surface area contributed by atoms with Crippen molar-refractivity contribution in [3.8, 4) is 5.75 Å². The number of hydrogen-bond acceptors (Lipinski definition) is 2. The van der Waals surface area contributed by atoms with Gasteiger partial charge in [0, 0.05) is 11.6 Å². The maximum atomic E-state index is 12.5. The van der Waals surface area contributed by atoms with Crippen LogP contribution in [-0.4, -0.2) is 18.4 Å². The largest absolute Gasteiger partial charge is 0.573 e. The molecule has 3 rings (SSSR count). The zero-order valence-electron chi connectivity index (χ0n) is 14.7. The number of guanidine groups is 1. The van der Waals surface area contributed by atoms with Crippen LogP contribution in [0.25, 0.3) is 0 Å². The fourth-order valence-corrected chi connectivity index (χ4v) is 2.89. The highest BCUT2D eigenvalue weighted by atomic mass is 127. The van der Waals surface area contributed by atoms with Crippen molar-refractivity contribution in [3.63, 3.8) is 0 Å². The minimum Gasteiger partial charge on any atom is -0.405 e. The van der Waals surface area contributed by atoms with Gasteiger partial charge in [-0.05, 0) is 42.2 Å². The summed E-state index contributed by atoms with van der Waals surface area (Å²) in [6, 6.07) is 13.8. The van der Waals surface area contributed by atoms with E-state index in [0.29, 0.717) is 12.0 Å². The van der Waals surface area contributed by atoms with Gasteiger partial charge in [0.25, 0.3) is 0 Å². The fraction of sp³-hybridized carbons (Fsp3) is 0.316. The molecule has 0 amide bonds. The molecule has 2 aromatic carbocycles. The number of halogens is 4. The van der Waals surface area contributed by atoms with E-state index in [2.05, 4.69) is 22.0 Å². The van der Waals surface area contributed by atoms with E-state index in [-0.39, 0.29) is 47.6 Å². The second-order valence-electron chi connectivity index (χ2n) is 6.19. The molecule has 0 aromatic heterocycles. The molecule has 0 saturated heterocycles. The normalized spacial score (nSPS) is 19.2. The smallest absolute Gasteiger partial charge is 0.405 e. The summed E-state index contributed by atoms with van der Waals surface area (Å²) in [5.74, 6) is -0.0549. The Morgan fingerprint density at radius 3 is 2.67 bits per heavy atom. The van der Waals surface area contributed by atoms with Gasteiger partial charge in [0.15, 0.2) is 5.96 Å². The van der Waals surface area contributed by atoms with E-state index in [9.17, 15) is 13.2 Å². The number of alkyl halides is 3. The third kappa shape index (κ3) is 6.02. The molecule has 1 fully saturated rings. The lowest BCUT2D eigenvalue weighted by Crippen LogP contribution is -2.23. The Balaban J connectivity index is 0.00000261. The van der Waals surface area contributed by atoms with Crippen LogP contribution in [0.15, 0.2) is 53.5 Å². The number of nitrogens with two attached hydrogens (primary N) is 1. The predicted molar refractivity (Wildman–Crippen MR) is 111 cm³/mol. The van der Waals surface area contributed by atoms with Crippen molar-refractivity contribution in [2.75, 3.05) is 5.32 Å². The van der Waals surface area contributed by atoms with Crippen molar-refractivity contribution in [1.82, 2.24) is 0 Å². The molecule has 146 valence electrons. The molecule has 0 heterocycles. The molecule has 0 radical (unpaired) electrons. The van der Waals surface area contributed by atoms with Crippen LogP contribution in [0.2, 0.25) is 0 Å². The van der Waals surface area contributed by atoms with Crippen molar-refractivity contribution < 1.29 is 17.9 Å². The monoisotopic (exact) mass is 491 g/mol. The number of nitrogens with zero attached hydrogens (tertiary/aromatic N) is 1. The van der Waals surface area contributed by atoms with E-state index < -0.39 is 6.36 Å². The molecule has 0 spiro atoms. The summed E-state index contributed by atoms with van der Waals surface area (Å²) in [6.45, 7) is 2.06. The Bertz CT molecular complexity index is 811. The van der Waals surface area contributed by atoms with Gasteiger partial charge in [-0.15, -0.1) is 37.1 Å². The highest BCUT2D eigenvalue weighted by Gasteiger charge is 2.42. The zero-order valence-corrected chi connectivity index (χ0v) is 17.0. The molecule has 0 bridgehead atoms. The zero-order chi connectivity index (χ0) is 18.7. The van der Waals surface area contributed by atoms with Crippen molar-refractivity contribution in [2.45, 2.75) is 38.1 Å². The average Bonchev–Trinajstić information content (AvgIpc) is 3.32. The number of rotatable bonds is 5. The maximum Gasteiger partial charge on any atom is 0.573 e. The Hall–Kier alpha value is -1.97. The summed E-state index contributed by atoms with van der Waals surface area (Å²) in [4.78, 5) is 4.38. The molecule has 1 aliphatic rings. The number of benzene rings is 2. The first-order valence-electron chi connectivity index (χ1n) is 8.39. The molecule has 1 saturated carbocycles. The van der Waals surface area contributed by atoms with E-state index in [1.807, 2.05) is 24.3 Å². The van der Waals surface area contributed by atoms with Gasteiger partial charge in [-0.25, -0.2) is 4.99 Å². The van der Waals surface area contributed by atoms with Crippen LogP contribution in [0.4, 0.5) is 18.9 Å². The molecule has 1 aliphatic carbocycles. The molecule has 8 heteroatoms. The number of ether oxygens (including phenoxy) is 1. The highest BCUT2D eigenvalue weighted by Crippen LogP contribution is 2.47. The molecule has 4 nitrogen and oxygen atoms in total. The lowest BCUT2D eigenvalue weighted by atomic mass is 10.1. The van der Waals surface area contributed by atoms with Gasteiger partial charge in [-0.1, -0.05) is 37.3 Å². The first kappa shape index (κ1) is 21.3. The standard InChI is InChI=1S/C19H20F3N3O.HI/c1-2-12-6-5-7-13(10-12)24-18(23)25-16-11-15(16)14-8-3-4-9-17(14)26-19(20,21)22;/h3-10,15-16H,2,11H2,1H3,(H3,23,24,25);1H. The molecule has 2 aromatic rings. The number of para-hydroxylation sites is 1. The minimum atomic E-state index is -4.71. The van der Waals surface area contributed by atoms with Gasteiger partial charge < -0.3 is 15.8 Å². The summed E-state index contributed by atoms with van der Waals surface area (Å²) in [7, 11) is 0. The summed E-state index contributed by atoms with van der Waals surface area (Å²) in [5.41, 5.74) is 8.45. The molecule has 3 N–H and O–H groups in total. The van der Waals surface area contributed by atoms with Gasteiger partial charge in [-0.3, -0.25) is 0 Å². The molecular weight excluding hydrogens is 470 g/mol. The maximum absolute atomic E-state index is 12.5. The fourth-order valence-electron chi connectivity index (χ4n) is 2.89. The van der Waals surface area contributed by atoms with E-state index in [4.69, 9.17) is 5.73 Å². The average molecular weight is 491 g/mol. The van der Waals surface area contributed by atoms with Gasteiger partial charge in [-0.2, -0.15) is 0 Å². The van der Waals surface area contributed by atoms with E-state index in [0.717, 1.165) is 12.1 Å². The first-order chi connectivity index (χ1) is 12.4. The second kappa shape index (κ2) is 8.81. The van der Waals surface area contributed by atoms with Crippen LogP contribution in [0, 0.1) is 0 Å². The first-order valence-corrected chi connectivity index (χ1v) is 8.39. The molecule has 2 atom stereocenters. The number of aryl methyl sites for hydroxylation is 1. The van der Waals surface area contributed by atoms with Crippen molar-refractivity contribution in [1.29, 1.82) is 0 Å². The van der Waals surface area contributed by atoms with Crippen LogP contribution in [-0.2, 0) is 6.42 Å². The van der Waals surface area contributed by atoms with Gasteiger partial charge in [0.1, 0.15) is 5.75 Å². The lowest BCUT2D eigenvalue weighted by Gasteiger charge is -2.12. The third-order valence-corrected chi connectivity index (χ3v) is 4.21. The molecule has 2 unspecified atom stereocenters. The number of hydrogen-bond donors (Lipinski definition) is 2.